The first-order valence-electron chi connectivity index (χ1n) is 5.20. The van der Waals surface area contributed by atoms with Gasteiger partial charge in [-0.1, -0.05) is 27.8 Å². The van der Waals surface area contributed by atoms with Gasteiger partial charge in [0.1, 0.15) is 0 Å². The molecule has 0 heterocycles. The Morgan fingerprint density at radius 2 is 1.17 bits per heavy atom. The number of hydrogen-bond donors (Lipinski definition) is 1. The Hall–Kier alpha value is -0.920. The predicted octanol–water partition coefficient (Wildman–Crippen LogP) is 4.21. The fraction of sp³-hybridized carbons (Fsp3) is 0.0769. The summed E-state index contributed by atoms with van der Waals surface area (Å²) in [5.41, 5.74) is 1.06. The molecule has 0 aromatic heterocycles. The van der Waals surface area contributed by atoms with Crippen LogP contribution in [0.5, 0.6) is 0 Å². The minimum absolute atomic E-state index is 0.530. The molecule has 2 rings (SSSR count). The summed E-state index contributed by atoms with van der Waals surface area (Å²) in [5, 5.41) is 10.1. The van der Waals surface area contributed by atoms with Gasteiger partial charge in [-0.3, -0.25) is 0 Å². The topological polar surface area (TPSA) is 37.3 Å². The van der Waals surface area contributed by atoms with E-state index in [1.165, 1.54) is 0 Å². The Bertz CT molecular complexity index is 507. The van der Waals surface area contributed by atoms with Crippen LogP contribution in [0.15, 0.2) is 48.5 Å². The zero-order valence-corrected chi connectivity index (χ0v) is 11.7. The van der Waals surface area contributed by atoms with Crippen molar-refractivity contribution >= 4 is 31.7 Å². The third-order valence-corrected chi connectivity index (χ3v) is 4.05. The van der Waals surface area contributed by atoms with Crippen molar-refractivity contribution in [1.82, 2.24) is 0 Å². The number of hydrogen-bond acceptors (Lipinski definition) is 2. The Morgan fingerprint density at radius 3 is 1.44 bits per heavy atom. The van der Waals surface area contributed by atoms with Gasteiger partial charge in [0.05, 0.1) is 0 Å². The highest BCUT2D eigenvalue weighted by atomic mass is 35.5. The van der Waals surface area contributed by atoms with Gasteiger partial charge in [-0.05, 0) is 48.5 Å². The number of halogens is 2. The molecule has 18 heavy (non-hydrogen) atoms. The molecular formula is C13H10Cl2O2P+. The molecule has 0 aliphatic carbocycles. The molecule has 1 N–H and O–H groups in total. The third kappa shape index (κ3) is 2.57. The second-order valence-corrected chi connectivity index (χ2v) is 5.63. The van der Waals surface area contributed by atoms with Gasteiger partial charge in [-0.2, -0.15) is 0 Å². The highest BCUT2D eigenvalue weighted by Crippen LogP contribution is 2.39. The Kier molecular flexibility index (Phi) is 4.04. The van der Waals surface area contributed by atoms with Crippen molar-refractivity contribution in [2.24, 2.45) is 0 Å². The van der Waals surface area contributed by atoms with E-state index in [4.69, 9.17) is 23.2 Å². The molecule has 2 aromatic rings. The van der Waals surface area contributed by atoms with E-state index in [2.05, 4.69) is 0 Å². The van der Waals surface area contributed by atoms with Gasteiger partial charge in [0.2, 0.25) is 0 Å². The fourth-order valence-corrected chi connectivity index (χ4v) is 2.49. The normalized spacial score (nSPS) is 11.7. The second-order valence-electron chi connectivity index (χ2n) is 3.83. The van der Waals surface area contributed by atoms with Gasteiger partial charge in [0.25, 0.3) is 0 Å². The molecule has 0 aliphatic rings. The molecule has 0 fully saturated rings. The van der Waals surface area contributed by atoms with E-state index >= 15 is 0 Å². The summed E-state index contributed by atoms with van der Waals surface area (Å²) in [6, 6.07) is 13.2. The zero-order chi connectivity index (χ0) is 13.2. The lowest BCUT2D eigenvalue weighted by molar-refractivity contribution is 0.173. The minimum atomic E-state index is -1.53. The SMILES string of the molecule is O=[PH+]C(O)(c1ccc(Cl)cc1)c1ccc(Cl)cc1. The molecule has 0 bridgehead atoms. The summed E-state index contributed by atoms with van der Waals surface area (Å²) in [5.74, 6) is 0. The largest absolute Gasteiger partial charge is 0.369 e. The van der Waals surface area contributed by atoms with Crippen LogP contribution >= 0.6 is 31.7 Å². The van der Waals surface area contributed by atoms with Gasteiger partial charge >= 0.3 is 13.8 Å². The number of aliphatic hydroxyl groups is 1. The van der Waals surface area contributed by atoms with E-state index in [-0.39, 0.29) is 0 Å². The highest BCUT2D eigenvalue weighted by Gasteiger charge is 2.40. The van der Waals surface area contributed by atoms with E-state index in [1.54, 1.807) is 48.5 Å². The first-order valence-corrected chi connectivity index (χ1v) is 6.86. The molecule has 0 radical (unpaired) electrons. The van der Waals surface area contributed by atoms with Crippen LogP contribution in [0.1, 0.15) is 11.1 Å². The highest BCUT2D eigenvalue weighted by molar-refractivity contribution is 7.25. The van der Waals surface area contributed by atoms with Crippen molar-refractivity contribution in [3.8, 4) is 0 Å². The third-order valence-electron chi connectivity index (χ3n) is 2.67. The summed E-state index contributed by atoms with van der Waals surface area (Å²) in [7, 11) is -0.930. The summed E-state index contributed by atoms with van der Waals surface area (Å²) >= 11 is 11.6. The van der Waals surface area contributed by atoms with E-state index in [0.717, 1.165) is 0 Å². The van der Waals surface area contributed by atoms with Gasteiger partial charge in [0.15, 0.2) is 0 Å². The molecule has 2 aromatic carbocycles. The lowest BCUT2D eigenvalue weighted by Gasteiger charge is -2.15. The number of rotatable bonds is 3. The van der Waals surface area contributed by atoms with Gasteiger partial charge in [0, 0.05) is 21.2 Å². The van der Waals surface area contributed by atoms with Crippen molar-refractivity contribution in [2.75, 3.05) is 0 Å². The molecule has 1 unspecified atom stereocenters. The van der Waals surface area contributed by atoms with Crippen molar-refractivity contribution < 1.29 is 9.67 Å². The van der Waals surface area contributed by atoms with Crippen LogP contribution in [0.25, 0.3) is 0 Å². The quantitative estimate of drug-likeness (QED) is 0.862. The lowest BCUT2D eigenvalue weighted by atomic mass is 10.0. The van der Waals surface area contributed by atoms with Crippen LogP contribution in [-0.4, -0.2) is 5.11 Å². The monoisotopic (exact) mass is 299 g/mol. The van der Waals surface area contributed by atoms with Crippen molar-refractivity contribution in [3.05, 3.63) is 69.7 Å². The van der Waals surface area contributed by atoms with E-state index in [9.17, 15) is 9.67 Å². The van der Waals surface area contributed by atoms with E-state index in [1.807, 2.05) is 0 Å². The molecule has 0 aliphatic heterocycles. The first kappa shape index (κ1) is 13.5. The molecule has 92 valence electrons. The summed E-state index contributed by atoms with van der Waals surface area (Å²) in [4.78, 5) is 0. The standard InChI is InChI=1S/C13H9Cl2O2P/c14-11-5-1-9(2-6-11)13(16,18-17)10-3-7-12(15)8-4-10/h1-8,16H/p+1. The maximum Gasteiger partial charge on any atom is 0.369 e. The fourth-order valence-electron chi connectivity index (χ4n) is 1.67. The smallest absolute Gasteiger partial charge is 0.341 e. The average molecular weight is 300 g/mol. The maximum atomic E-state index is 11.4. The molecular weight excluding hydrogens is 290 g/mol. The molecule has 5 heteroatoms. The van der Waals surface area contributed by atoms with Gasteiger partial charge in [-0.15, -0.1) is 0 Å². The number of benzene rings is 2. The van der Waals surface area contributed by atoms with Crippen LogP contribution in [0.3, 0.4) is 0 Å². The predicted molar refractivity (Wildman–Crippen MR) is 74.9 cm³/mol. The van der Waals surface area contributed by atoms with Crippen LogP contribution in [0, 0.1) is 0 Å². The average Bonchev–Trinajstić information content (AvgIpc) is 2.39. The molecule has 0 saturated heterocycles. The molecule has 0 amide bonds. The van der Waals surface area contributed by atoms with Crippen LogP contribution in [-0.2, 0) is 9.91 Å². The molecule has 2 nitrogen and oxygen atoms in total. The summed E-state index contributed by atoms with van der Waals surface area (Å²) < 4.78 is 11.4. The summed E-state index contributed by atoms with van der Waals surface area (Å²) in [6.07, 6.45) is 0. The van der Waals surface area contributed by atoms with Gasteiger partial charge in [-0.25, -0.2) is 0 Å². The van der Waals surface area contributed by atoms with Gasteiger partial charge < -0.3 is 5.11 Å². The Balaban J connectivity index is 2.50. The minimum Gasteiger partial charge on any atom is -0.341 e. The van der Waals surface area contributed by atoms with E-state index in [0.29, 0.717) is 21.2 Å². The molecule has 0 saturated carbocycles. The first-order chi connectivity index (χ1) is 8.56. The van der Waals surface area contributed by atoms with Crippen LogP contribution < -0.4 is 0 Å². The lowest BCUT2D eigenvalue weighted by Crippen LogP contribution is -2.19. The Morgan fingerprint density at radius 1 is 0.833 bits per heavy atom. The van der Waals surface area contributed by atoms with Crippen molar-refractivity contribution in [3.63, 3.8) is 0 Å². The molecule has 1 atom stereocenters. The Labute approximate surface area is 116 Å². The van der Waals surface area contributed by atoms with Crippen molar-refractivity contribution in [2.45, 2.75) is 5.34 Å². The second kappa shape index (κ2) is 5.38. The zero-order valence-electron chi connectivity index (χ0n) is 9.23. The van der Waals surface area contributed by atoms with E-state index < -0.39 is 13.8 Å². The van der Waals surface area contributed by atoms with Crippen LogP contribution in [0.4, 0.5) is 0 Å². The van der Waals surface area contributed by atoms with Crippen molar-refractivity contribution in [1.29, 1.82) is 0 Å². The maximum absolute atomic E-state index is 11.4. The molecule has 0 spiro atoms. The summed E-state index contributed by atoms with van der Waals surface area (Å²) in [6.45, 7) is 0. The van der Waals surface area contributed by atoms with Crippen LogP contribution in [0.2, 0.25) is 10.0 Å².